The highest BCUT2D eigenvalue weighted by atomic mass is 16.5. The molecule has 6 nitrogen and oxygen atoms in total. The second-order valence-corrected chi connectivity index (χ2v) is 8.74. The van der Waals surface area contributed by atoms with Crippen molar-refractivity contribution in [3.63, 3.8) is 0 Å². The summed E-state index contributed by atoms with van der Waals surface area (Å²) in [4.78, 5) is 23.7. The predicted molar refractivity (Wildman–Crippen MR) is 142 cm³/mol. The fourth-order valence-corrected chi connectivity index (χ4v) is 3.84. The Balaban J connectivity index is 1.97. The van der Waals surface area contributed by atoms with Gasteiger partial charge in [0.1, 0.15) is 17.2 Å². The molecule has 0 aliphatic heterocycles. The summed E-state index contributed by atoms with van der Waals surface area (Å²) < 4.78 is 22.2. The van der Waals surface area contributed by atoms with Gasteiger partial charge >= 0.3 is 11.9 Å². The van der Waals surface area contributed by atoms with Gasteiger partial charge < -0.3 is 18.9 Å². The van der Waals surface area contributed by atoms with Crippen LogP contribution in [0.4, 0.5) is 0 Å². The van der Waals surface area contributed by atoms with Crippen molar-refractivity contribution >= 4 is 11.9 Å². The van der Waals surface area contributed by atoms with Gasteiger partial charge in [-0.05, 0) is 62.6 Å². The van der Waals surface area contributed by atoms with Crippen molar-refractivity contribution in [1.29, 1.82) is 0 Å². The molecular weight excluding hydrogens is 456 g/mol. The molecule has 0 unspecified atom stereocenters. The number of carbonyl (C=O) groups excluding carboxylic acids is 2. The molecule has 0 amide bonds. The van der Waals surface area contributed by atoms with Gasteiger partial charge in [0.15, 0.2) is 0 Å². The Kier molecular flexibility index (Phi) is 14.1. The number of rotatable bonds is 18. The van der Waals surface area contributed by atoms with Crippen LogP contribution in [0, 0.1) is 0 Å². The summed E-state index contributed by atoms with van der Waals surface area (Å²) in [5.74, 6) is 1.39. The van der Waals surface area contributed by atoms with E-state index >= 15 is 0 Å². The van der Waals surface area contributed by atoms with Gasteiger partial charge in [-0.15, -0.1) is 0 Å². The van der Waals surface area contributed by atoms with E-state index in [9.17, 15) is 9.59 Å². The average molecular weight is 499 g/mol. The van der Waals surface area contributed by atoms with Crippen LogP contribution in [0.1, 0.15) is 94.5 Å². The van der Waals surface area contributed by atoms with Crippen LogP contribution in [0.2, 0.25) is 0 Å². The Bertz CT molecular complexity index is 906. The highest BCUT2D eigenvalue weighted by Gasteiger charge is 2.11. The molecule has 0 aliphatic carbocycles. The van der Waals surface area contributed by atoms with Gasteiger partial charge in [0.2, 0.25) is 0 Å². The lowest BCUT2D eigenvalue weighted by Gasteiger charge is -2.14. The normalized spacial score (nSPS) is 10.6. The molecule has 0 heterocycles. The first-order chi connectivity index (χ1) is 17.6. The summed E-state index contributed by atoms with van der Waals surface area (Å²) in [6.07, 6.45) is 10.7. The predicted octanol–water partition coefficient (Wildman–Crippen LogP) is 7.67. The van der Waals surface area contributed by atoms with Gasteiger partial charge in [-0.3, -0.25) is 4.79 Å². The third-order valence-corrected chi connectivity index (χ3v) is 5.80. The van der Waals surface area contributed by atoms with Crippen LogP contribution in [0.3, 0.4) is 0 Å². The van der Waals surface area contributed by atoms with Crippen LogP contribution in [-0.4, -0.2) is 31.8 Å². The quantitative estimate of drug-likeness (QED) is 0.155. The zero-order chi connectivity index (χ0) is 26.0. The minimum Gasteiger partial charge on any atom is -0.493 e. The van der Waals surface area contributed by atoms with Crippen LogP contribution in [0.25, 0.3) is 0 Å². The molecular formula is C30H42O6. The summed E-state index contributed by atoms with van der Waals surface area (Å²) >= 11 is 0. The van der Waals surface area contributed by atoms with E-state index in [4.69, 9.17) is 18.9 Å². The highest BCUT2D eigenvalue weighted by molar-refractivity contribution is 5.89. The largest absolute Gasteiger partial charge is 0.493 e. The number of aryl methyl sites for hydroxylation is 1. The minimum absolute atomic E-state index is 0.214. The van der Waals surface area contributed by atoms with Crippen molar-refractivity contribution in [1.82, 2.24) is 0 Å². The minimum atomic E-state index is -0.355. The number of esters is 2. The van der Waals surface area contributed by atoms with E-state index in [1.165, 1.54) is 38.5 Å². The van der Waals surface area contributed by atoms with E-state index in [2.05, 4.69) is 6.92 Å². The van der Waals surface area contributed by atoms with Gasteiger partial charge in [0.05, 0.1) is 25.4 Å². The van der Waals surface area contributed by atoms with E-state index in [0.29, 0.717) is 49.7 Å². The number of unbranched alkanes of at least 4 members (excludes halogenated alkanes) is 7. The van der Waals surface area contributed by atoms with Crippen LogP contribution in [0.15, 0.2) is 42.5 Å². The summed E-state index contributed by atoms with van der Waals surface area (Å²) in [5, 5.41) is 0. The van der Waals surface area contributed by atoms with E-state index in [1.807, 2.05) is 25.1 Å². The first-order valence-corrected chi connectivity index (χ1v) is 13.4. The molecule has 0 atom stereocenters. The Hall–Kier alpha value is -3.02. The van der Waals surface area contributed by atoms with Gasteiger partial charge in [-0.25, -0.2) is 4.79 Å². The number of carbonyl (C=O) groups is 2. The molecule has 0 aliphatic rings. The summed E-state index contributed by atoms with van der Waals surface area (Å²) in [7, 11) is 0. The van der Waals surface area contributed by atoms with Crippen LogP contribution < -0.4 is 9.47 Å². The molecule has 2 aromatic carbocycles. The molecule has 6 heteroatoms. The molecule has 0 saturated heterocycles. The lowest BCUT2D eigenvalue weighted by molar-refractivity contribution is -0.143. The third-order valence-electron chi connectivity index (χ3n) is 5.80. The maximum atomic E-state index is 11.9. The van der Waals surface area contributed by atoms with E-state index in [-0.39, 0.29) is 11.9 Å². The van der Waals surface area contributed by atoms with Gasteiger partial charge in [0, 0.05) is 12.5 Å². The molecule has 2 rings (SSSR count). The van der Waals surface area contributed by atoms with Crippen LogP contribution in [-0.2, 0) is 20.7 Å². The second kappa shape index (κ2) is 17.4. The SMILES string of the molecule is CCCCCCCCCCOc1cc(Oc2ccc(C(=O)OCC)cc2)ccc1CCC(=O)OCC. The number of benzene rings is 2. The summed E-state index contributed by atoms with van der Waals surface area (Å²) in [6, 6.07) is 12.5. The third kappa shape index (κ3) is 11.1. The molecule has 0 fully saturated rings. The monoisotopic (exact) mass is 498 g/mol. The molecule has 0 N–H and O–H groups in total. The molecule has 2 aromatic rings. The summed E-state index contributed by atoms with van der Waals surface area (Å²) in [6.45, 7) is 7.16. The van der Waals surface area contributed by atoms with E-state index < -0.39 is 0 Å². The Morgan fingerprint density at radius 1 is 0.722 bits per heavy atom. The zero-order valence-electron chi connectivity index (χ0n) is 22.2. The molecule has 0 radical (unpaired) electrons. The smallest absolute Gasteiger partial charge is 0.338 e. The standard InChI is InChI=1S/C30H42O6/c1-4-7-8-9-10-11-12-13-22-35-28-23-27(20-14-24(28)17-21-29(31)33-5-2)36-26-18-15-25(16-19-26)30(32)34-6-3/h14-16,18-20,23H,4-13,17,21-22H2,1-3H3. The average Bonchev–Trinajstić information content (AvgIpc) is 2.88. The topological polar surface area (TPSA) is 71.1 Å². The second-order valence-electron chi connectivity index (χ2n) is 8.74. The van der Waals surface area contributed by atoms with Gasteiger partial charge in [-0.2, -0.15) is 0 Å². The fraction of sp³-hybridized carbons (Fsp3) is 0.533. The van der Waals surface area contributed by atoms with Crippen molar-refractivity contribution in [2.75, 3.05) is 19.8 Å². The zero-order valence-corrected chi connectivity index (χ0v) is 22.2. The number of hydrogen-bond acceptors (Lipinski definition) is 6. The maximum Gasteiger partial charge on any atom is 0.338 e. The van der Waals surface area contributed by atoms with Crippen LogP contribution in [0.5, 0.6) is 17.2 Å². The lowest BCUT2D eigenvalue weighted by atomic mass is 10.1. The molecule has 0 aromatic heterocycles. The van der Waals surface area contributed by atoms with Crippen molar-refractivity contribution < 1.29 is 28.5 Å². The number of hydrogen-bond donors (Lipinski definition) is 0. The summed E-state index contributed by atoms with van der Waals surface area (Å²) in [5.41, 5.74) is 1.43. The molecule has 198 valence electrons. The van der Waals surface area contributed by atoms with Crippen molar-refractivity contribution in [2.45, 2.75) is 85.0 Å². The van der Waals surface area contributed by atoms with Gasteiger partial charge in [-0.1, -0.05) is 57.9 Å². The molecule has 36 heavy (non-hydrogen) atoms. The highest BCUT2D eigenvalue weighted by Crippen LogP contribution is 2.30. The number of ether oxygens (including phenoxy) is 4. The Morgan fingerprint density at radius 3 is 2.03 bits per heavy atom. The van der Waals surface area contributed by atoms with Crippen molar-refractivity contribution in [2.24, 2.45) is 0 Å². The van der Waals surface area contributed by atoms with Gasteiger partial charge in [0.25, 0.3) is 0 Å². The first kappa shape index (κ1) is 29.2. The van der Waals surface area contributed by atoms with E-state index in [1.54, 1.807) is 31.2 Å². The van der Waals surface area contributed by atoms with Crippen molar-refractivity contribution in [3.05, 3.63) is 53.6 Å². The van der Waals surface area contributed by atoms with E-state index in [0.717, 1.165) is 24.2 Å². The lowest BCUT2D eigenvalue weighted by Crippen LogP contribution is -2.07. The Labute approximate surface area is 216 Å². The fourth-order valence-electron chi connectivity index (χ4n) is 3.84. The van der Waals surface area contributed by atoms with Crippen LogP contribution >= 0.6 is 0 Å². The van der Waals surface area contributed by atoms with Crippen molar-refractivity contribution in [3.8, 4) is 17.2 Å². The first-order valence-electron chi connectivity index (χ1n) is 13.4. The molecule has 0 bridgehead atoms. The molecule has 0 spiro atoms. The molecule has 0 saturated carbocycles. The maximum absolute atomic E-state index is 11.9. The Morgan fingerprint density at radius 2 is 1.36 bits per heavy atom.